The van der Waals surface area contributed by atoms with Gasteiger partial charge >= 0.3 is 5.97 Å². The number of benzene rings is 2. The van der Waals surface area contributed by atoms with Crippen molar-refractivity contribution in [3.8, 4) is 0 Å². The molecule has 0 fully saturated rings. The molecule has 23 heavy (non-hydrogen) atoms. The van der Waals surface area contributed by atoms with Gasteiger partial charge in [-0.05, 0) is 29.8 Å². The number of hydrogen-bond acceptors (Lipinski definition) is 4. The van der Waals surface area contributed by atoms with Crippen molar-refractivity contribution in [2.75, 3.05) is 18.2 Å². The maximum absolute atomic E-state index is 12.0. The Balaban J connectivity index is 1.89. The number of rotatable bonds is 6. The summed E-state index contributed by atoms with van der Waals surface area (Å²) in [6.07, 6.45) is 1.60. The summed E-state index contributed by atoms with van der Waals surface area (Å²) in [4.78, 5) is 23.7. The minimum atomic E-state index is -0.988. The highest BCUT2D eigenvalue weighted by Crippen LogP contribution is 2.09. The smallest absolute Gasteiger partial charge is 0.338 e. The van der Waals surface area contributed by atoms with Gasteiger partial charge in [-0.2, -0.15) is 0 Å². The van der Waals surface area contributed by atoms with Crippen LogP contribution < -0.4 is 5.32 Å². The first-order chi connectivity index (χ1) is 11.0. The lowest BCUT2D eigenvalue weighted by Crippen LogP contribution is -2.20. The third-order valence-electron chi connectivity index (χ3n) is 2.92. The zero-order chi connectivity index (χ0) is 16.7. The fourth-order valence-corrected chi connectivity index (χ4v) is 2.60. The summed E-state index contributed by atoms with van der Waals surface area (Å²) in [6, 6.07) is 15.6. The molecule has 0 spiro atoms. The molecule has 0 bridgehead atoms. The lowest BCUT2D eigenvalue weighted by atomic mass is 10.1. The highest BCUT2D eigenvalue weighted by molar-refractivity contribution is 7.83. The van der Waals surface area contributed by atoms with Crippen LogP contribution in [0, 0.1) is 0 Å². The van der Waals surface area contributed by atoms with Crippen molar-refractivity contribution in [3.63, 3.8) is 0 Å². The summed E-state index contributed by atoms with van der Waals surface area (Å²) < 4.78 is 16.2. The molecule has 0 aliphatic carbocycles. The number of hydrogen-bond donors (Lipinski definition) is 1. The van der Waals surface area contributed by atoms with Gasteiger partial charge in [0.2, 0.25) is 0 Å². The summed E-state index contributed by atoms with van der Waals surface area (Å²) in [7, 11) is -0.988. The molecule has 2 aromatic carbocycles. The van der Waals surface area contributed by atoms with E-state index in [1.165, 1.54) is 0 Å². The van der Waals surface area contributed by atoms with Crippen LogP contribution in [0.15, 0.2) is 54.6 Å². The maximum atomic E-state index is 12.0. The Morgan fingerprint density at radius 1 is 1.09 bits per heavy atom. The normalized spacial score (nSPS) is 11.5. The van der Waals surface area contributed by atoms with Crippen LogP contribution >= 0.6 is 0 Å². The van der Waals surface area contributed by atoms with Crippen molar-refractivity contribution in [1.29, 1.82) is 0 Å². The Kier molecular flexibility index (Phi) is 6.05. The SMILES string of the molecule is CS(=O)Cc1cccc(C(=O)OCC(=O)Nc2ccccc2)c1. The van der Waals surface area contributed by atoms with E-state index in [4.69, 9.17) is 4.74 Å². The van der Waals surface area contributed by atoms with Crippen LogP contribution in [0.25, 0.3) is 0 Å². The van der Waals surface area contributed by atoms with E-state index in [2.05, 4.69) is 5.32 Å². The number of anilines is 1. The molecule has 0 aromatic heterocycles. The Bertz CT molecular complexity index is 716. The van der Waals surface area contributed by atoms with Crippen LogP contribution in [0.1, 0.15) is 15.9 Å². The van der Waals surface area contributed by atoms with Crippen LogP contribution in [0.4, 0.5) is 5.69 Å². The van der Waals surface area contributed by atoms with Crippen molar-refractivity contribution >= 4 is 28.4 Å². The van der Waals surface area contributed by atoms with E-state index < -0.39 is 22.7 Å². The first-order valence-corrected chi connectivity index (χ1v) is 8.68. The van der Waals surface area contributed by atoms with E-state index in [0.29, 0.717) is 17.0 Å². The number of para-hydroxylation sites is 1. The van der Waals surface area contributed by atoms with Gasteiger partial charge in [0.1, 0.15) is 0 Å². The van der Waals surface area contributed by atoms with E-state index >= 15 is 0 Å². The molecule has 6 heteroatoms. The molecule has 1 amide bonds. The fraction of sp³-hybridized carbons (Fsp3) is 0.176. The molecule has 1 atom stereocenters. The number of carbonyl (C=O) groups is 2. The summed E-state index contributed by atoms with van der Waals surface area (Å²) >= 11 is 0. The van der Waals surface area contributed by atoms with Gasteiger partial charge in [-0.15, -0.1) is 0 Å². The molecule has 2 rings (SSSR count). The summed E-state index contributed by atoms with van der Waals surface area (Å²) in [5.41, 5.74) is 1.76. The molecule has 120 valence electrons. The van der Waals surface area contributed by atoms with Crippen molar-refractivity contribution in [2.45, 2.75) is 5.75 Å². The van der Waals surface area contributed by atoms with Gasteiger partial charge < -0.3 is 10.1 Å². The molecule has 0 aliphatic rings. The minimum absolute atomic E-state index is 0.334. The van der Waals surface area contributed by atoms with Crippen molar-refractivity contribution in [3.05, 3.63) is 65.7 Å². The van der Waals surface area contributed by atoms with Gasteiger partial charge in [-0.3, -0.25) is 9.00 Å². The number of esters is 1. The standard InChI is InChI=1S/C17H17NO4S/c1-23(21)12-13-6-5-7-14(10-13)17(20)22-11-16(19)18-15-8-3-2-4-9-15/h2-10H,11-12H2,1H3,(H,18,19). The number of carbonyl (C=O) groups excluding carboxylic acids is 2. The third-order valence-corrected chi connectivity index (χ3v) is 3.66. The van der Waals surface area contributed by atoms with Crippen molar-refractivity contribution in [2.24, 2.45) is 0 Å². The second-order valence-electron chi connectivity index (χ2n) is 4.91. The lowest BCUT2D eigenvalue weighted by Gasteiger charge is -2.07. The van der Waals surface area contributed by atoms with E-state index in [9.17, 15) is 13.8 Å². The van der Waals surface area contributed by atoms with E-state index in [0.717, 1.165) is 5.56 Å². The van der Waals surface area contributed by atoms with E-state index in [1.807, 2.05) is 6.07 Å². The molecule has 1 unspecified atom stereocenters. The predicted octanol–water partition coefficient (Wildman–Crippen LogP) is 2.36. The monoisotopic (exact) mass is 331 g/mol. The highest BCUT2D eigenvalue weighted by Gasteiger charge is 2.11. The molecule has 0 saturated heterocycles. The summed E-state index contributed by atoms with van der Waals surface area (Å²) in [6.45, 7) is -0.363. The maximum Gasteiger partial charge on any atom is 0.338 e. The Morgan fingerprint density at radius 2 is 1.83 bits per heavy atom. The average Bonchev–Trinajstić information content (AvgIpc) is 2.53. The Labute approximate surface area is 137 Å². The quantitative estimate of drug-likeness (QED) is 0.825. The van der Waals surface area contributed by atoms with Gasteiger partial charge in [0.15, 0.2) is 6.61 Å². The molecule has 0 heterocycles. The molecule has 5 nitrogen and oxygen atoms in total. The van der Waals surface area contributed by atoms with E-state index in [1.54, 1.807) is 54.8 Å². The van der Waals surface area contributed by atoms with E-state index in [-0.39, 0.29) is 6.61 Å². The molecule has 0 aliphatic heterocycles. The predicted molar refractivity (Wildman–Crippen MR) is 89.6 cm³/mol. The molecule has 0 radical (unpaired) electrons. The minimum Gasteiger partial charge on any atom is -0.452 e. The second-order valence-corrected chi connectivity index (χ2v) is 6.34. The van der Waals surface area contributed by atoms with Gasteiger partial charge in [-0.25, -0.2) is 4.79 Å². The Hall–Kier alpha value is -2.47. The van der Waals surface area contributed by atoms with Crippen LogP contribution in [-0.4, -0.2) is 28.9 Å². The van der Waals surface area contributed by atoms with Crippen LogP contribution in [0.2, 0.25) is 0 Å². The number of amides is 1. The topological polar surface area (TPSA) is 72.5 Å². The van der Waals surface area contributed by atoms with Crippen LogP contribution in [-0.2, 0) is 26.1 Å². The molecular weight excluding hydrogens is 314 g/mol. The Morgan fingerprint density at radius 3 is 2.52 bits per heavy atom. The summed E-state index contributed by atoms with van der Waals surface area (Å²) in [5.74, 6) is -0.623. The first-order valence-electron chi connectivity index (χ1n) is 6.95. The second kappa shape index (κ2) is 8.24. The lowest BCUT2D eigenvalue weighted by molar-refractivity contribution is -0.119. The van der Waals surface area contributed by atoms with Crippen LogP contribution in [0.3, 0.4) is 0 Å². The molecule has 2 aromatic rings. The number of ether oxygens (including phenoxy) is 1. The fourth-order valence-electron chi connectivity index (χ4n) is 1.96. The highest BCUT2D eigenvalue weighted by atomic mass is 32.2. The average molecular weight is 331 g/mol. The zero-order valence-electron chi connectivity index (χ0n) is 12.7. The molecule has 1 N–H and O–H groups in total. The van der Waals surface area contributed by atoms with Gasteiger partial charge in [0.25, 0.3) is 5.91 Å². The first kappa shape index (κ1) is 16.9. The molecule has 0 saturated carbocycles. The van der Waals surface area contributed by atoms with Gasteiger partial charge in [-0.1, -0.05) is 30.3 Å². The summed E-state index contributed by atoms with van der Waals surface area (Å²) in [5, 5.41) is 2.63. The zero-order valence-corrected chi connectivity index (χ0v) is 13.5. The van der Waals surface area contributed by atoms with Gasteiger partial charge in [0.05, 0.1) is 5.56 Å². The van der Waals surface area contributed by atoms with Crippen molar-refractivity contribution in [1.82, 2.24) is 0 Å². The van der Waals surface area contributed by atoms with Crippen LogP contribution in [0.5, 0.6) is 0 Å². The third kappa shape index (κ3) is 5.67. The molecular formula is C17H17NO4S. The van der Waals surface area contributed by atoms with Crippen molar-refractivity contribution < 1.29 is 18.5 Å². The largest absolute Gasteiger partial charge is 0.452 e. The number of nitrogens with one attached hydrogen (secondary N) is 1. The van der Waals surface area contributed by atoms with Gasteiger partial charge in [0, 0.05) is 28.5 Å².